The molecule has 1 unspecified atom stereocenters. The Balaban J connectivity index is 2.37. The van der Waals surface area contributed by atoms with E-state index in [1.165, 1.54) is 12.1 Å². The van der Waals surface area contributed by atoms with Gasteiger partial charge in [0.1, 0.15) is 5.82 Å². The minimum Gasteiger partial charge on any atom is -0.391 e. The molecule has 1 heterocycles. The van der Waals surface area contributed by atoms with Crippen LogP contribution in [0.2, 0.25) is 5.02 Å². The summed E-state index contributed by atoms with van der Waals surface area (Å²) in [6, 6.07) is 2.18. The fourth-order valence-corrected chi connectivity index (χ4v) is 3.18. The summed E-state index contributed by atoms with van der Waals surface area (Å²) in [5.41, 5.74) is 1.21. The lowest BCUT2D eigenvalue weighted by Crippen LogP contribution is -2.43. The Hall–Kier alpha value is -0.840. The lowest BCUT2D eigenvalue weighted by atomic mass is 9.97. The number of carbonyl (C=O) groups excluding carboxylic acids is 1. The minimum absolute atomic E-state index is 0.0521. The highest BCUT2D eigenvalue weighted by molar-refractivity contribution is 6.32. The zero-order valence-electron chi connectivity index (χ0n) is 11.1. The lowest BCUT2D eigenvalue weighted by Gasteiger charge is -2.36. The molecule has 3 nitrogen and oxygen atoms in total. The van der Waals surface area contributed by atoms with Gasteiger partial charge in [-0.1, -0.05) is 11.6 Å². The minimum atomic E-state index is -0.543. The number of aliphatic hydroxyl groups is 1. The largest absolute Gasteiger partial charge is 0.391 e. The van der Waals surface area contributed by atoms with Crippen LogP contribution in [0.1, 0.15) is 36.9 Å². The molecule has 0 saturated carbocycles. The van der Waals surface area contributed by atoms with Crippen LogP contribution in [0.25, 0.3) is 0 Å². The van der Waals surface area contributed by atoms with Crippen molar-refractivity contribution >= 4 is 29.1 Å². The lowest BCUT2D eigenvalue weighted by molar-refractivity contribution is -0.139. The average molecular weight is 320 g/mol. The van der Waals surface area contributed by atoms with Crippen molar-refractivity contribution in [1.29, 1.82) is 0 Å². The molecule has 1 aliphatic heterocycles. The molecule has 1 aliphatic rings. The Kier molecular flexibility index (Phi) is 4.89. The molecule has 6 heteroatoms. The van der Waals surface area contributed by atoms with E-state index in [1.807, 2.05) is 0 Å². The topological polar surface area (TPSA) is 40.5 Å². The quantitative estimate of drug-likeness (QED) is 0.869. The second-order valence-corrected chi connectivity index (χ2v) is 5.68. The molecule has 110 valence electrons. The molecule has 2 rings (SSSR count). The number of hydrogen-bond acceptors (Lipinski definition) is 2. The molecular formula is C14H16Cl2FNO2. The summed E-state index contributed by atoms with van der Waals surface area (Å²) in [5, 5.41) is 9.97. The van der Waals surface area contributed by atoms with E-state index < -0.39 is 11.9 Å². The molecule has 0 aliphatic carbocycles. The van der Waals surface area contributed by atoms with E-state index in [0.29, 0.717) is 24.0 Å². The number of carbonyl (C=O) groups is 1. The standard InChI is InChI=1S/C14H16Cl2FNO2/c1-8(18-7-10(19)2-3-14(18)20)11-4-9(17)5-13(16)12(11)6-15/h4-5,8,10,19H,2-3,6-7H2,1H3/t8?,10-/m0/s1. The fraction of sp³-hybridized carbons (Fsp3) is 0.500. The summed E-state index contributed by atoms with van der Waals surface area (Å²) in [7, 11) is 0. The van der Waals surface area contributed by atoms with Crippen LogP contribution in [0.4, 0.5) is 4.39 Å². The van der Waals surface area contributed by atoms with Gasteiger partial charge >= 0.3 is 0 Å². The van der Waals surface area contributed by atoms with Crippen molar-refractivity contribution in [2.24, 2.45) is 0 Å². The predicted octanol–water partition coefficient (Wildman–Crippen LogP) is 3.26. The van der Waals surface area contributed by atoms with E-state index in [0.717, 1.165) is 0 Å². The van der Waals surface area contributed by atoms with Crippen molar-refractivity contribution in [1.82, 2.24) is 4.90 Å². The van der Waals surface area contributed by atoms with Crippen molar-refractivity contribution in [2.45, 2.75) is 37.8 Å². The molecule has 1 amide bonds. The summed E-state index contributed by atoms with van der Waals surface area (Å²) < 4.78 is 13.6. The van der Waals surface area contributed by atoms with Crippen LogP contribution < -0.4 is 0 Å². The zero-order chi connectivity index (χ0) is 14.9. The highest BCUT2D eigenvalue weighted by Gasteiger charge is 2.30. The summed E-state index contributed by atoms with van der Waals surface area (Å²) in [6.45, 7) is 2.03. The predicted molar refractivity (Wildman–Crippen MR) is 76.3 cm³/mol. The number of rotatable bonds is 3. The number of piperidine rings is 1. The van der Waals surface area contributed by atoms with Crippen molar-refractivity contribution in [3.63, 3.8) is 0 Å². The second kappa shape index (κ2) is 6.29. The molecule has 2 atom stereocenters. The first-order valence-electron chi connectivity index (χ1n) is 6.45. The van der Waals surface area contributed by atoms with Gasteiger partial charge in [0.15, 0.2) is 0 Å². The molecule has 20 heavy (non-hydrogen) atoms. The van der Waals surface area contributed by atoms with E-state index in [4.69, 9.17) is 23.2 Å². The van der Waals surface area contributed by atoms with Crippen LogP contribution in [-0.2, 0) is 10.7 Å². The fourth-order valence-electron chi connectivity index (χ4n) is 2.53. The van der Waals surface area contributed by atoms with Crippen LogP contribution in [0.15, 0.2) is 12.1 Å². The first-order valence-corrected chi connectivity index (χ1v) is 7.36. The summed E-state index contributed by atoms with van der Waals surface area (Å²) in [4.78, 5) is 13.5. The summed E-state index contributed by atoms with van der Waals surface area (Å²) >= 11 is 11.9. The number of β-amino-alcohol motifs (C(OH)–C–C–N with tert-alkyl or cyclic N) is 1. The van der Waals surface area contributed by atoms with Gasteiger partial charge < -0.3 is 10.0 Å². The number of nitrogens with zero attached hydrogens (tertiary/aromatic N) is 1. The van der Waals surface area contributed by atoms with Gasteiger partial charge in [-0.25, -0.2) is 4.39 Å². The second-order valence-electron chi connectivity index (χ2n) is 5.00. The maximum atomic E-state index is 13.6. The van der Waals surface area contributed by atoms with Gasteiger partial charge in [-0.2, -0.15) is 0 Å². The van der Waals surface area contributed by atoms with Crippen molar-refractivity contribution < 1.29 is 14.3 Å². The highest BCUT2D eigenvalue weighted by atomic mass is 35.5. The number of halogens is 3. The average Bonchev–Trinajstić information content (AvgIpc) is 2.40. The molecular weight excluding hydrogens is 304 g/mol. The monoisotopic (exact) mass is 319 g/mol. The van der Waals surface area contributed by atoms with Gasteiger partial charge in [0.2, 0.25) is 5.91 Å². The normalized spacial score (nSPS) is 21.1. The van der Waals surface area contributed by atoms with Crippen LogP contribution >= 0.6 is 23.2 Å². The molecule has 0 aromatic heterocycles. The van der Waals surface area contributed by atoms with Gasteiger partial charge in [-0.05, 0) is 36.6 Å². The smallest absolute Gasteiger partial charge is 0.223 e. The Bertz CT molecular complexity index is 524. The Labute approximate surface area is 127 Å². The van der Waals surface area contributed by atoms with E-state index in [2.05, 4.69) is 0 Å². The Morgan fingerprint density at radius 3 is 2.90 bits per heavy atom. The third-order valence-corrected chi connectivity index (χ3v) is 4.27. The van der Waals surface area contributed by atoms with Crippen molar-refractivity contribution in [2.75, 3.05) is 6.54 Å². The molecule has 1 fully saturated rings. The molecule has 1 aromatic rings. The van der Waals surface area contributed by atoms with Crippen LogP contribution in [-0.4, -0.2) is 28.6 Å². The number of benzene rings is 1. The summed E-state index contributed by atoms with van der Waals surface area (Å²) in [6.07, 6.45) is 0.220. The molecule has 1 N–H and O–H groups in total. The SMILES string of the molecule is CC(c1cc(F)cc(Cl)c1CCl)N1C[C@@H](O)CCC1=O. The van der Waals surface area contributed by atoms with Crippen molar-refractivity contribution in [3.8, 4) is 0 Å². The summed E-state index contributed by atoms with van der Waals surface area (Å²) in [5.74, 6) is -0.372. The number of likely N-dealkylation sites (tertiary alicyclic amines) is 1. The van der Waals surface area contributed by atoms with E-state index >= 15 is 0 Å². The maximum Gasteiger partial charge on any atom is 0.223 e. The van der Waals surface area contributed by atoms with Gasteiger partial charge in [-0.15, -0.1) is 11.6 Å². The Morgan fingerprint density at radius 2 is 2.25 bits per heavy atom. The molecule has 0 radical (unpaired) electrons. The molecule has 1 saturated heterocycles. The molecule has 0 spiro atoms. The third-order valence-electron chi connectivity index (χ3n) is 3.67. The maximum absolute atomic E-state index is 13.6. The first kappa shape index (κ1) is 15.5. The van der Waals surface area contributed by atoms with Crippen LogP contribution in [0.5, 0.6) is 0 Å². The van der Waals surface area contributed by atoms with Gasteiger partial charge in [0.25, 0.3) is 0 Å². The number of alkyl halides is 1. The van der Waals surface area contributed by atoms with E-state index in [9.17, 15) is 14.3 Å². The molecule has 1 aromatic carbocycles. The van der Waals surface area contributed by atoms with E-state index in [-0.39, 0.29) is 29.4 Å². The first-order chi connectivity index (χ1) is 9.43. The zero-order valence-corrected chi connectivity index (χ0v) is 12.6. The van der Waals surface area contributed by atoms with Gasteiger partial charge in [0, 0.05) is 23.9 Å². The number of hydrogen-bond donors (Lipinski definition) is 1. The van der Waals surface area contributed by atoms with Crippen LogP contribution in [0, 0.1) is 5.82 Å². The number of aliphatic hydroxyl groups excluding tert-OH is 1. The van der Waals surface area contributed by atoms with Crippen LogP contribution in [0.3, 0.4) is 0 Å². The highest BCUT2D eigenvalue weighted by Crippen LogP contribution is 2.32. The molecule has 0 bridgehead atoms. The van der Waals surface area contributed by atoms with Crippen molar-refractivity contribution in [3.05, 3.63) is 34.1 Å². The van der Waals surface area contributed by atoms with Gasteiger partial charge in [0.05, 0.1) is 12.1 Å². The number of amides is 1. The van der Waals surface area contributed by atoms with E-state index in [1.54, 1.807) is 11.8 Å². The Morgan fingerprint density at radius 1 is 1.55 bits per heavy atom. The third kappa shape index (κ3) is 3.08. The van der Waals surface area contributed by atoms with Gasteiger partial charge in [-0.3, -0.25) is 4.79 Å².